The van der Waals surface area contributed by atoms with Crippen molar-refractivity contribution in [2.45, 2.75) is 209 Å². The summed E-state index contributed by atoms with van der Waals surface area (Å²) in [6.45, 7) is 37.9. The van der Waals surface area contributed by atoms with Crippen LogP contribution < -0.4 is 0 Å². The van der Waals surface area contributed by atoms with Crippen LogP contribution in [0, 0.1) is 61.6 Å². The summed E-state index contributed by atoms with van der Waals surface area (Å²) in [5, 5.41) is 18.0. The van der Waals surface area contributed by atoms with Gasteiger partial charge in [-0.15, -0.1) is 0 Å². The molecule has 4 atom stereocenters. The molecule has 0 aromatic heterocycles. The summed E-state index contributed by atoms with van der Waals surface area (Å²) in [5.74, 6) is -0.0283. The van der Waals surface area contributed by atoms with Crippen molar-refractivity contribution in [3.63, 3.8) is 0 Å². The third-order valence-corrected chi connectivity index (χ3v) is 12.4. The SMILES string of the molecule is C.CC(=O)C1(CC(C)(C)C)CCCC1.CC(C)(C)C1C(C(=O)O)C1(C)C.CC(C)(C)C1CCCCC1C(=O)O.CCC(CC)(CC(C)(C)C)C(C)=O. The Balaban J connectivity index is 0. The first-order valence-electron chi connectivity index (χ1n) is 20.2. The Morgan fingerprint density at radius 3 is 1.31 bits per heavy atom. The Kier molecular flexibility index (Phi) is 19.9. The quantitative estimate of drug-likeness (QED) is 0.257. The number of ketones is 2. The normalized spacial score (nSPS) is 23.9. The molecular weight excluding hydrogens is 649 g/mol. The number of hydrogen-bond donors (Lipinski definition) is 2. The number of carbonyl (C=O) groups is 4. The number of rotatable bonds is 8. The molecule has 0 heterocycles. The van der Waals surface area contributed by atoms with Gasteiger partial charge in [-0.2, -0.15) is 0 Å². The molecule has 0 aromatic carbocycles. The summed E-state index contributed by atoms with van der Waals surface area (Å²) in [5.41, 5.74) is 0.754. The van der Waals surface area contributed by atoms with Gasteiger partial charge in [-0.25, -0.2) is 0 Å². The lowest BCUT2D eigenvalue weighted by molar-refractivity contribution is -0.147. The Hall–Kier alpha value is -1.72. The standard InChI is InChI=1S/C12H22O.C12H24O.C11H20O2.C10H18O2.CH4/c1-10(13)12(7-5-6-8-12)9-11(2,3)4;1-7-12(8-2,10(3)13)9-11(4,5)6;1-11(2,3)9-7-5-4-6-8(9)10(12)13;1-9(2,3)7-6(8(11)12)10(7,4)5;/h5-9H2,1-4H3;7-9H2,1-6H3;8-9H,4-7H2,1-3H3,(H,12,13);6-7H,1-5H3,(H,11,12);1H4. The second-order valence-corrected chi connectivity index (χ2v) is 21.7. The van der Waals surface area contributed by atoms with Crippen molar-refractivity contribution in [1.29, 1.82) is 0 Å². The van der Waals surface area contributed by atoms with Crippen LogP contribution in [-0.4, -0.2) is 33.7 Å². The van der Waals surface area contributed by atoms with E-state index in [1.54, 1.807) is 13.8 Å². The first kappa shape index (κ1) is 52.4. The van der Waals surface area contributed by atoms with Crippen molar-refractivity contribution in [3.05, 3.63) is 0 Å². The van der Waals surface area contributed by atoms with E-state index in [9.17, 15) is 19.2 Å². The van der Waals surface area contributed by atoms with Crippen LogP contribution in [-0.2, 0) is 19.2 Å². The topological polar surface area (TPSA) is 109 Å². The fraction of sp³-hybridized carbons (Fsp3) is 0.913. The van der Waals surface area contributed by atoms with Gasteiger partial charge in [0.1, 0.15) is 11.6 Å². The molecule has 6 heteroatoms. The zero-order valence-electron chi connectivity index (χ0n) is 36.8. The third kappa shape index (κ3) is 15.9. The van der Waals surface area contributed by atoms with Crippen molar-refractivity contribution >= 4 is 23.5 Å². The van der Waals surface area contributed by atoms with Gasteiger partial charge >= 0.3 is 11.9 Å². The Labute approximate surface area is 322 Å². The molecular formula is C46H88O6. The predicted octanol–water partition coefficient (Wildman–Crippen LogP) is 13.3. The molecule has 0 aliphatic heterocycles. The van der Waals surface area contributed by atoms with Crippen molar-refractivity contribution in [3.8, 4) is 0 Å². The second kappa shape index (κ2) is 19.7. The molecule has 308 valence electrons. The molecule has 0 radical (unpaired) electrons. The van der Waals surface area contributed by atoms with Gasteiger partial charge in [0.2, 0.25) is 0 Å². The second-order valence-electron chi connectivity index (χ2n) is 21.7. The van der Waals surface area contributed by atoms with Crippen LogP contribution in [0.2, 0.25) is 0 Å². The molecule has 0 bridgehead atoms. The minimum absolute atomic E-state index is 0. The van der Waals surface area contributed by atoms with Gasteiger partial charge in [0.05, 0.1) is 11.8 Å². The Bertz CT molecular complexity index is 1100. The highest BCUT2D eigenvalue weighted by Crippen LogP contribution is 2.65. The van der Waals surface area contributed by atoms with Crippen molar-refractivity contribution in [2.24, 2.45) is 61.6 Å². The van der Waals surface area contributed by atoms with Crippen LogP contribution in [0.3, 0.4) is 0 Å². The van der Waals surface area contributed by atoms with E-state index in [2.05, 4.69) is 96.9 Å². The van der Waals surface area contributed by atoms with Gasteiger partial charge in [0, 0.05) is 10.8 Å². The van der Waals surface area contributed by atoms with Crippen LogP contribution in [0.15, 0.2) is 0 Å². The highest BCUT2D eigenvalue weighted by atomic mass is 16.4. The van der Waals surface area contributed by atoms with Crippen LogP contribution in [0.25, 0.3) is 0 Å². The lowest BCUT2D eigenvalue weighted by Crippen LogP contribution is -2.35. The van der Waals surface area contributed by atoms with Crippen molar-refractivity contribution in [1.82, 2.24) is 0 Å². The van der Waals surface area contributed by atoms with Gasteiger partial charge in [-0.05, 0) is 104 Å². The first-order valence-corrected chi connectivity index (χ1v) is 20.2. The number of carbonyl (C=O) groups excluding carboxylic acids is 2. The summed E-state index contributed by atoms with van der Waals surface area (Å²) in [6.07, 6.45) is 13.0. The number of hydrogen-bond acceptors (Lipinski definition) is 4. The summed E-state index contributed by atoms with van der Waals surface area (Å²) in [7, 11) is 0. The lowest BCUT2D eigenvalue weighted by atomic mass is 9.66. The maximum Gasteiger partial charge on any atom is 0.307 e. The first-order chi connectivity index (χ1) is 22.7. The zero-order valence-corrected chi connectivity index (χ0v) is 36.8. The molecule has 0 aromatic rings. The molecule has 4 unspecified atom stereocenters. The molecule has 0 spiro atoms. The van der Waals surface area contributed by atoms with Gasteiger partial charge in [-0.1, -0.05) is 144 Å². The van der Waals surface area contributed by atoms with E-state index in [4.69, 9.17) is 10.2 Å². The van der Waals surface area contributed by atoms with Crippen LogP contribution >= 0.6 is 0 Å². The van der Waals surface area contributed by atoms with Gasteiger partial charge in [-0.3, -0.25) is 19.2 Å². The molecule has 0 amide bonds. The summed E-state index contributed by atoms with van der Waals surface area (Å²) >= 11 is 0. The van der Waals surface area contributed by atoms with Gasteiger partial charge < -0.3 is 10.2 Å². The van der Waals surface area contributed by atoms with Crippen LogP contribution in [0.4, 0.5) is 0 Å². The monoisotopic (exact) mass is 737 g/mol. The average Bonchev–Trinajstić information content (AvgIpc) is 3.28. The molecule has 3 rings (SSSR count). The minimum Gasteiger partial charge on any atom is -0.481 e. The largest absolute Gasteiger partial charge is 0.481 e. The molecule has 52 heavy (non-hydrogen) atoms. The number of carboxylic acid groups (broad SMARTS) is 2. The maximum absolute atomic E-state index is 11.6. The molecule has 2 N–H and O–H groups in total. The van der Waals surface area contributed by atoms with Crippen LogP contribution in [0.1, 0.15) is 209 Å². The smallest absolute Gasteiger partial charge is 0.307 e. The van der Waals surface area contributed by atoms with Crippen LogP contribution in [0.5, 0.6) is 0 Å². The van der Waals surface area contributed by atoms with E-state index in [1.165, 1.54) is 19.3 Å². The minimum atomic E-state index is -0.639. The van der Waals surface area contributed by atoms with E-state index in [0.29, 0.717) is 23.4 Å². The summed E-state index contributed by atoms with van der Waals surface area (Å²) in [6, 6.07) is 0. The average molecular weight is 737 g/mol. The van der Waals surface area contributed by atoms with Gasteiger partial charge in [0.15, 0.2) is 0 Å². The number of carboxylic acids is 2. The fourth-order valence-corrected chi connectivity index (χ4v) is 10.0. The molecule has 3 saturated carbocycles. The summed E-state index contributed by atoms with van der Waals surface area (Å²) in [4.78, 5) is 45.1. The fourth-order valence-electron chi connectivity index (χ4n) is 10.0. The molecule has 0 saturated heterocycles. The number of Topliss-reactive ketones (excluding diaryl/α,β-unsaturated/α-hetero) is 2. The molecule has 3 fully saturated rings. The van der Waals surface area contributed by atoms with E-state index in [0.717, 1.165) is 57.8 Å². The molecule has 6 nitrogen and oxygen atoms in total. The highest BCUT2D eigenvalue weighted by molar-refractivity contribution is 5.83. The Morgan fingerprint density at radius 1 is 0.654 bits per heavy atom. The summed E-state index contributed by atoms with van der Waals surface area (Å²) < 4.78 is 0. The van der Waals surface area contributed by atoms with Gasteiger partial charge in [0.25, 0.3) is 0 Å². The highest BCUT2D eigenvalue weighted by Gasteiger charge is 2.66. The zero-order chi connectivity index (χ0) is 40.6. The van der Waals surface area contributed by atoms with E-state index in [1.807, 2.05) is 13.8 Å². The van der Waals surface area contributed by atoms with E-state index < -0.39 is 11.9 Å². The predicted molar refractivity (Wildman–Crippen MR) is 221 cm³/mol. The molecule has 3 aliphatic carbocycles. The van der Waals surface area contributed by atoms with Crippen molar-refractivity contribution < 1.29 is 29.4 Å². The van der Waals surface area contributed by atoms with E-state index in [-0.39, 0.29) is 57.2 Å². The third-order valence-electron chi connectivity index (χ3n) is 12.4. The number of aliphatic carboxylic acids is 2. The van der Waals surface area contributed by atoms with E-state index >= 15 is 0 Å². The molecule has 3 aliphatic rings. The van der Waals surface area contributed by atoms with Crippen molar-refractivity contribution in [2.75, 3.05) is 0 Å². The lowest BCUT2D eigenvalue weighted by Gasteiger charge is -2.38. The maximum atomic E-state index is 11.6. The Morgan fingerprint density at radius 2 is 1.10 bits per heavy atom.